The first-order valence-corrected chi connectivity index (χ1v) is 16.8. The van der Waals surface area contributed by atoms with Crippen molar-refractivity contribution in [3.8, 4) is 45.2 Å². The van der Waals surface area contributed by atoms with E-state index in [1.54, 1.807) is 0 Å². The molecule has 0 amide bonds. The standard InChI is InChI=1S/C46H28N4/c1-3-13-34-31(10-1)24-40(38-17-7-5-15-36(34)38)44-27-45(41-25-32-11-2-4-14-35(32)37-16-6-8-18-39(37)41)50-46(49-44)42-22-21-33(28-48-42)30-20-19-29-12-9-23-47-43(29)26-30/h1-28H. The zero-order valence-electron chi connectivity index (χ0n) is 27.0. The summed E-state index contributed by atoms with van der Waals surface area (Å²) in [6.07, 6.45) is 3.73. The van der Waals surface area contributed by atoms with Gasteiger partial charge in [-0.15, -0.1) is 0 Å². The second-order valence-electron chi connectivity index (χ2n) is 12.7. The first kappa shape index (κ1) is 28.3. The van der Waals surface area contributed by atoms with Crippen molar-refractivity contribution in [2.24, 2.45) is 0 Å². The summed E-state index contributed by atoms with van der Waals surface area (Å²) in [4.78, 5) is 20.0. The Kier molecular flexibility index (Phi) is 6.46. The molecule has 10 aromatic rings. The minimum absolute atomic E-state index is 0.582. The van der Waals surface area contributed by atoms with E-state index in [4.69, 9.17) is 15.0 Å². The lowest BCUT2D eigenvalue weighted by Gasteiger charge is -2.15. The van der Waals surface area contributed by atoms with Crippen LogP contribution in [0.3, 0.4) is 0 Å². The highest BCUT2D eigenvalue weighted by Gasteiger charge is 2.17. The molecular formula is C46H28N4. The highest BCUT2D eigenvalue weighted by atomic mass is 14.9. The Balaban J connectivity index is 1.21. The van der Waals surface area contributed by atoms with Crippen LogP contribution >= 0.6 is 0 Å². The minimum atomic E-state index is 0.582. The monoisotopic (exact) mass is 636 g/mol. The number of hydrogen-bond donors (Lipinski definition) is 0. The molecule has 0 atom stereocenters. The van der Waals surface area contributed by atoms with E-state index in [-0.39, 0.29) is 0 Å². The molecule has 4 nitrogen and oxygen atoms in total. The van der Waals surface area contributed by atoms with E-state index in [1.165, 1.54) is 32.3 Å². The van der Waals surface area contributed by atoms with E-state index in [9.17, 15) is 0 Å². The van der Waals surface area contributed by atoms with Gasteiger partial charge in [0.05, 0.1) is 16.9 Å². The number of nitrogens with zero attached hydrogens (tertiary/aromatic N) is 4. The highest BCUT2D eigenvalue weighted by Crippen LogP contribution is 2.39. The fourth-order valence-corrected chi connectivity index (χ4v) is 7.31. The Morgan fingerprint density at radius 2 is 0.880 bits per heavy atom. The van der Waals surface area contributed by atoms with Gasteiger partial charge in [-0.1, -0.05) is 121 Å². The van der Waals surface area contributed by atoms with Gasteiger partial charge >= 0.3 is 0 Å². The lowest BCUT2D eigenvalue weighted by molar-refractivity contribution is 1.15. The van der Waals surface area contributed by atoms with Crippen molar-refractivity contribution in [3.05, 3.63) is 170 Å². The third kappa shape index (κ3) is 4.69. The summed E-state index contributed by atoms with van der Waals surface area (Å²) < 4.78 is 0. The molecule has 0 aliphatic rings. The summed E-state index contributed by atoms with van der Waals surface area (Å²) >= 11 is 0. The number of pyridine rings is 2. The number of hydrogen-bond acceptors (Lipinski definition) is 4. The van der Waals surface area contributed by atoms with Crippen LogP contribution in [-0.2, 0) is 0 Å². The summed E-state index contributed by atoms with van der Waals surface area (Å²) in [6.45, 7) is 0. The maximum atomic E-state index is 5.26. The molecule has 0 radical (unpaired) electrons. The third-order valence-electron chi connectivity index (χ3n) is 9.75. The Morgan fingerprint density at radius 3 is 1.48 bits per heavy atom. The van der Waals surface area contributed by atoms with Crippen LogP contribution in [0.15, 0.2) is 170 Å². The molecule has 0 spiro atoms. The maximum Gasteiger partial charge on any atom is 0.179 e. The van der Waals surface area contributed by atoms with Crippen molar-refractivity contribution in [1.82, 2.24) is 19.9 Å². The number of benzene rings is 7. The van der Waals surface area contributed by atoms with Crippen molar-refractivity contribution >= 4 is 54.0 Å². The molecule has 10 rings (SSSR count). The Hall–Kier alpha value is -6.78. The minimum Gasteiger partial charge on any atom is -0.256 e. The smallest absolute Gasteiger partial charge is 0.179 e. The Labute approximate surface area is 288 Å². The molecule has 0 saturated heterocycles. The van der Waals surface area contributed by atoms with Gasteiger partial charge in [-0.05, 0) is 85.1 Å². The fourth-order valence-electron chi connectivity index (χ4n) is 7.31. The van der Waals surface area contributed by atoms with Crippen LogP contribution in [0.25, 0.3) is 99.2 Å². The van der Waals surface area contributed by atoms with Gasteiger partial charge in [0.25, 0.3) is 0 Å². The van der Waals surface area contributed by atoms with Gasteiger partial charge in [-0.25, -0.2) is 9.97 Å². The summed E-state index contributed by atoms with van der Waals surface area (Å²) in [7, 11) is 0. The lowest BCUT2D eigenvalue weighted by atomic mass is 9.93. The molecule has 3 heterocycles. The van der Waals surface area contributed by atoms with Crippen LogP contribution in [-0.4, -0.2) is 19.9 Å². The third-order valence-corrected chi connectivity index (χ3v) is 9.75. The van der Waals surface area contributed by atoms with Crippen LogP contribution in [0.4, 0.5) is 0 Å². The second kappa shape index (κ2) is 11.4. The SMILES string of the molecule is c1cnc2cc(-c3ccc(-c4nc(-c5cc6ccccc6c6ccccc56)cc(-c5cc6ccccc6c6ccccc56)n4)nc3)ccc2c1. The normalized spacial score (nSPS) is 11.6. The molecule has 50 heavy (non-hydrogen) atoms. The average molecular weight is 637 g/mol. The molecule has 3 aromatic heterocycles. The maximum absolute atomic E-state index is 5.26. The number of fused-ring (bicyclic) bond motifs is 7. The van der Waals surface area contributed by atoms with Crippen LogP contribution in [0.2, 0.25) is 0 Å². The van der Waals surface area contributed by atoms with E-state index in [0.717, 1.165) is 55.3 Å². The second-order valence-corrected chi connectivity index (χ2v) is 12.7. The van der Waals surface area contributed by atoms with Crippen LogP contribution in [0, 0.1) is 0 Å². The van der Waals surface area contributed by atoms with Crippen molar-refractivity contribution in [2.75, 3.05) is 0 Å². The van der Waals surface area contributed by atoms with E-state index in [2.05, 4.69) is 151 Å². The first-order chi connectivity index (χ1) is 24.8. The largest absolute Gasteiger partial charge is 0.256 e. The Bertz CT molecular complexity index is 2790. The van der Waals surface area contributed by atoms with Crippen molar-refractivity contribution in [3.63, 3.8) is 0 Å². The molecule has 0 fully saturated rings. The molecule has 0 N–H and O–H groups in total. The average Bonchev–Trinajstić information content (AvgIpc) is 3.20. The van der Waals surface area contributed by atoms with Gasteiger partial charge in [-0.3, -0.25) is 9.97 Å². The first-order valence-electron chi connectivity index (χ1n) is 16.8. The topological polar surface area (TPSA) is 51.6 Å². The summed E-state index contributed by atoms with van der Waals surface area (Å²) in [5, 5.41) is 10.6. The molecule has 0 unspecified atom stereocenters. The molecule has 0 aliphatic heterocycles. The zero-order valence-corrected chi connectivity index (χ0v) is 27.0. The quantitative estimate of drug-likeness (QED) is 0.180. The summed E-state index contributed by atoms with van der Waals surface area (Å²) in [5.74, 6) is 0.582. The molecule has 7 aromatic carbocycles. The van der Waals surface area contributed by atoms with E-state index in [0.29, 0.717) is 11.5 Å². The van der Waals surface area contributed by atoms with Crippen LogP contribution in [0.1, 0.15) is 0 Å². The van der Waals surface area contributed by atoms with Crippen LogP contribution < -0.4 is 0 Å². The molecule has 0 bridgehead atoms. The lowest BCUT2D eigenvalue weighted by Crippen LogP contribution is -1.99. The molecule has 0 aliphatic carbocycles. The van der Waals surface area contributed by atoms with Gasteiger partial charge in [0.15, 0.2) is 5.82 Å². The van der Waals surface area contributed by atoms with E-state index in [1.807, 2.05) is 24.5 Å². The number of aromatic nitrogens is 4. The highest BCUT2D eigenvalue weighted by molar-refractivity contribution is 6.15. The summed E-state index contributed by atoms with van der Waals surface area (Å²) in [5.41, 5.74) is 7.59. The predicted molar refractivity (Wildman–Crippen MR) is 207 cm³/mol. The van der Waals surface area contributed by atoms with Gasteiger partial charge in [0.1, 0.15) is 5.69 Å². The van der Waals surface area contributed by atoms with Gasteiger partial charge in [-0.2, -0.15) is 0 Å². The summed E-state index contributed by atoms with van der Waals surface area (Å²) in [6, 6.07) is 55.5. The number of rotatable bonds is 4. The predicted octanol–water partition coefficient (Wildman–Crippen LogP) is 11.7. The molecular weight excluding hydrogens is 609 g/mol. The van der Waals surface area contributed by atoms with Crippen molar-refractivity contribution < 1.29 is 0 Å². The van der Waals surface area contributed by atoms with Gasteiger partial charge in [0.2, 0.25) is 0 Å². The van der Waals surface area contributed by atoms with Crippen molar-refractivity contribution in [1.29, 1.82) is 0 Å². The molecule has 0 saturated carbocycles. The van der Waals surface area contributed by atoms with E-state index < -0.39 is 0 Å². The zero-order chi connectivity index (χ0) is 33.0. The van der Waals surface area contributed by atoms with Crippen LogP contribution in [0.5, 0.6) is 0 Å². The van der Waals surface area contributed by atoms with E-state index >= 15 is 0 Å². The van der Waals surface area contributed by atoms with Gasteiger partial charge in [0, 0.05) is 34.5 Å². The molecule has 4 heteroatoms. The van der Waals surface area contributed by atoms with Crippen molar-refractivity contribution in [2.45, 2.75) is 0 Å². The van der Waals surface area contributed by atoms with Gasteiger partial charge < -0.3 is 0 Å². The fraction of sp³-hybridized carbons (Fsp3) is 0. The molecule has 232 valence electrons. The Morgan fingerprint density at radius 1 is 0.340 bits per heavy atom.